The number of halogens is 4. The molecule has 0 bridgehead atoms. The van der Waals surface area contributed by atoms with Crippen molar-refractivity contribution in [2.45, 2.75) is 54.1 Å². The molecule has 15 heteroatoms. The SMILES string of the molecule is Cl.N#CC1(C(N)=O)CC1N1C[C@H](S(=O)(=O)c2ccc(N3CCCC3=O)cc2C(F)(F)F)C[C@H]1C(=O)O. The number of sulfone groups is 1. The lowest BCUT2D eigenvalue weighted by atomic mass is 10.1. The van der Waals surface area contributed by atoms with Gasteiger partial charge in [0.2, 0.25) is 11.8 Å². The highest BCUT2D eigenvalue weighted by atomic mass is 35.5. The molecule has 1 aromatic carbocycles. The Morgan fingerprint density at radius 2 is 1.94 bits per heavy atom. The normalized spacial score (nSPS) is 28.4. The van der Waals surface area contributed by atoms with Crippen LogP contribution >= 0.6 is 12.4 Å². The van der Waals surface area contributed by atoms with Gasteiger partial charge in [-0.05, 0) is 37.5 Å². The maximum atomic E-state index is 13.9. The quantitative estimate of drug-likeness (QED) is 0.536. The van der Waals surface area contributed by atoms with E-state index in [2.05, 4.69) is 0 Å². The van der Waals surface area contributed by atoms with Gasteiger partial charge in [0, 0.05) is 31.2 Å². The number of aliphatic carboxylic acids is 1. The van der Waals surface area contributed by atoms with Gasteiger partial charge in [0.15, 0.2) is 15.3 Å². The first-order chi connectivity index (χ1) is 16.2. The van der Waals surface area contributed by atoms with Crippen LogP contribution in [0.15, 0.2) is 23.1 Å². The monoisotopic (exact) mass is 550 g/mol. The molecule has 1 aromatic rings. The van der Waals surface area contributed by atoms with Crippen LogP contribution in [0.2, 0.25) is 0 Å². The first-order valence-corrected chi connectivity index (χ1v) is 12.2. The molecule has 0 aromatic heterocycles. The maximum Gasteiger partial charge on any atom is 0.417 e. The predicted octanol–water partition coefficient (Wildman–Crippen LogP) is 1.32. The van der Waals surface area contributed by atoms with E-state index in [1.807, 2.05) is 0 Å². The Hall–Kier alpha value is -2.89. The van der Waals surface area contributed by atoms with E-state index in [9.17, 15) is 46.3 Å². The van der Waals surface area contributed by atoms with Gasteiger partial charge >= 0.3 is 12.1 Å². The minimum Gasteiger partial charge on any atom is -0.480 e. The third-order valence-corrected chi connectivity index (χ3v) is 9.14. The first-order valence-electron chi connectivity index (χ1n) is 10.7. The van der Waals surface area contributed by atoms with Crippen LogP contribution in [0.4, 0.5) is 18.9 Å². The number of nitriles is 1. The van der Waals surface area contributed by atoms with Gasteiger partial charge < -0.3 is 15.7 Å². The van der Waals surface area contributed by atoms with Crippen LogP contribution in [0, 0.1) is 16.7 Å². The minimum absolute atomic E-state index is 0. The average molecular weight is 551 g/mol. The van der Waals surface area contributed by atoms with Crippen molar-refractivity contribution in [3.05, 3.63) is 23.8 Å². The zero-order chi connectivity index (χ0) is 25.9. The number of rotatable bonds is 6. The number of nitrogens with zero attached hydrogens (tertiary/aromatic N) is 3. The van der Waals surface area contributed by atoms with Gasteiger partial charge in [-0.2, -0.15) is 18.4 Å². The molecular formula is C21H22ClF3N4O6S. The maximum absolute atomic E-state index is 13.9. The summed E-state index contributed by atoms with van der Waals surface area (Å²) in [6.07, 6.45) is -5.05. The van der Waals surface area contributed by atoms with Gasteiger partial charge in [-0.3, -0.25) is 19.3 Å². The molecule has 2 unspecified atom stereocenters. The number of carboxylic acids is 1. The zero-order valence-corrected chi connectivity index (χ0v) is 20.2. The van der Waals surface area contributed by atoms with Crippen LogP contribution in [0.3, 0.4) is 0 Å². The number of carbonyl (C=O) groups is 3. The van der Waals surface area contributed by atoms with Crippen molar-refractivity contribution in [3.8, 4) is 6.07 Å². The number of amides is 2. The van der Waals surface area contributed by atoms with E-state index in [-0.39, 0.29) is 43.4 Å². The highest BCUT2D eigenvalue weighted by molar-refractivity contribution is 7.92. The third kappa shape index (κ3) is 4.39. The van der Waals surface area contributed by atoms with Gasteiger partial charge in [-0.15, -0.1) is 12.4 Å². The van der Waals surface area contributed by atoms with Crippen LogP contribution in [0.25, 0.3) is 0 Å². The number of likely N-dealkylation sites (tertiary alicyclic amines) is 1. The molecular weight excluding hydrogens is 529 g/mol. The number of carboxylic acid groups (broad SMARTS) is 1. The lowest BCUT2D eigenvalue weighted by Gasteiger charge is -2.22. The van der Waals surface area contributed by atoms with Crippen LogP contribution in [0.1, 0.15) is 31.2 Å². The molecule has 10 nitrogen and oxygen atoms in total. The van der Waals surface area contributed by atoms with Gasteiger partial charge in [-0.1, -0.05) is 0 Å². The van der Waals surface area contributed by atoms with E-state index in [4.69, 9.17) is 5.73 Å². The zero-order valence-electron chi connectivity index (χ0n) is 18.6. The minimum atomic E-state index is -5.07. The molecule has 4 rings (SSSR count). The first kappa shape index (κ1) is 27.7. The number of alkyl halides is 3. The van der Waals surface area contributed by atoms with Gasteiger partial charge in [0.05, 0.1) is 21.8 Å². The van der Waals surface area contributed by atoms with Crippen molar-refractivity contribution in [1.29, 1.82) is 5.26 Å². The lowest BCUT2D eigenvalue weighted by molar-refractivity contribution is -0.143. The van der Waals surface area contributed by atoms with Crippen molar-refractivity contribution in [2.75, 3.05) is 18.0 Å². The fourth-order valence-corrected chi connectivity index (χ4v) is 6.88. The van der Waals surface area contributed by atoms with Crippen molar-refractivity contribution in [1.82, 2.24) is 4.90 Å². The number of anilines is 1. The summed E-state index contributed by atoms with van der Waals surface area (Å²) in [7, 11) is -4.70. The van der Waals surface area contributed by atoms with Crippen LogP contribution in [-0.2, 0) is 30.4 Å². The molecule has 2 amide bonds. The lowest BCUT2D eigenvalue weighted by Crippen LogP contribution is -2.42. The molecule has 2 saturated heterocycles. The highest BCUT2D eigenvalue weighted by Gasteiger charge is 2.66. The van der Waals surface area contributed by atoms with E-state index in [0.29, 0.717) is 12.5 Å². The van der Waals surface area contributed by atoms with Crippen LogP contribution < -0.4 is 10.6 Å². The third-order valence-electron chi connectivity index (χ3n) is 6.95. The summed E-state index contributed by atoms with van der Waals surface area (Å²) in [6.45, 7) is -0.271. The molecule has 196 valence electrons. The molecule has 3 fully saturated rings. The summed E-state index contributed by atoms with van der Waals surface area (Å²) < 4.78 is 68.5. The average Bonchev–Trinajstić information content (AvgIpc) is 3.11. The van der Waals surface area contributed by atoms with Crippen LogP contribution in [0.5, 0.6) is 0 Å². The second kappa shape index (κ2) is 9.20. The highest BCUT2D eigenvalue weighted by Crippen LogP contribution is 2.52. The summed E-state index contributed by atoms with van der Waals surface area (Å²) in [6, 6.07) is 1.91. The number of nitrogens with two attached hydrogens (primary N) is 1. The number of hydrogen-bond donors (Lipinski definition) is 2. The van der Waals surface area contributed by atoms with E-state index in [1.165, 1.54) is 0 Å². The summed E-state index contributed by atoms with van der Waals surface area (Å²) in [5.41, 5.74) is 2.07. The van der Waals surface area contributed by atoms with E-state index in [1.54, 1.807) is 6.07 Å². The van der Waals surface area contributed by atoms with Gasteiger partial charge in [0.25, 0.3) is 0 Å². The topological polar surface area (TPSA) is 162 Å². The number of carbonyl (C=O) groups excluding carboxylic acids is 2. The Balaban J connectivity index is 0.00000361. The second-order valence-electron chi connectivity index (χ2n) is 8.95. The van der Waals surface area contributed by atoms with E-state index in [0.717, 1.165) is 21.9 Å². The van der Waals surface area contributed by atoms with Crippen molar-refractivity contribution in [2.24, 2.45) is 11.1 Å². The Kier molecular flexibility index (Phi) is 7.08. The molecule has 3 aliphatic rings. The molecule has 1 saturated carbocycles. The van der Waals surface area contributed by atoms with Gasteiger partial charge in [-0.25, -0.2) is 8.42 Å². The van der Waals surface area contributed by atoms with E-state index < -0.39 is 74.1 Å². The van der Waals surface area contributed by atoms with Crippen molar-refractivity contribution >= 4 is 45.7 Å². The molecule has 2 heterocycles. The molecule has 4 atom stereocenters. The fraction of sp³-hybridized carbons (Fsp3) is 0.524. The Morgan fingerprint density at radius 1 is 1.28 bits per heavy atom. The van der Waals surface area contributed by atoms with E-state index >= 15 is 0 Å². The van der Waals surface area contributed by atoms with Crippen LogP contribution in [-0.4, -0.2) is 66.6 Å². The summed E-state index contributed by atoms with van der Waals surface area (Å²) >= 11 is 0. The predicted molar refractivity (Wildman–Crippen MR) is 120 cm³/mol. The molecule has 36 heavy (non-hydrogen) atoms. The standard InChI is InChI=1S/C21H21F3N4O6S.ClH/c22-21(23,24)13-6-11(27-5-1-2-17(27)29)3-4-15(13)35(33,34)12-7-14(18(30)31)28(9-12)16-8-20(16,10-25)19(26)32;/h3-4,6,12,14,16H,1-2,5,7-9H2,(H2,26,32)(H,30,31);1H/t12-,14+,16?,20?;/m1./s1. The Bertz CT molecular complexity index is 1270. The summed E-state index contributed by atoms with van der Waals surface area (Å²) in [5.74, 6) is -2.78. The van der Waals surface area contributed by atoms with Gasteiger partial charge in [0.1, 0.15) is 6.04 Å². The summed E-state index contributed by atoms with van der Waals surface area (Å²) in [5, 5.41) is 17.4. The fourth-order valence-electron chi connectivity index (χ4n) is 4.98. The largest absolute Gasteiger partial charge is 0.480 e. The molecule has 1 aliphatic carbocycles. The smallest absolute Gasteiger partial charge is 0.417 e. The molecule has 0 radical (unpaired) electrons. The molecule has 2 aliphatic heterocycles. The van der Waals surface area contributed by atoms with Crippen molar-refractivity contribution in [3.63, 3.8) is 0 Å². The Labute approximate surface area is 210 Å². The number of primary amides is 1. The molecule has 3 N–H and O–H groups in total. The molecule has 0 spiro atoms. The number of hydrogen-bond acceptors (Lipinski definition) is 7. The van der Waals surface area contributed by atoms with Crippen molar-refractivity contribution < 1.29 is 41.1 Å². The second-order valence-corrected chi connectivity index (χ2v) is 11.1. The number of benzene rings is 1. The Morgan fingerprint density at radius 3 is 2.42 bits per heavy atom. The summed E-state index contributed by atoms with van der Waals surface area (Å²) in [4.78, 5) is 36.8.